The van der Waals surface area contributed by atoms with E-state index >= 15 is 0 Å². The van der Waals surface area contributed by atoms with Crippen LogP contribution >= 0.6 is 0 Å². The number of aromatic hydroxyl groups is 1. The quantitative estimate of drug-likeness (QED) is 0.924. The van der Waals surface area contributed by atoms with Gasteiger partial charge >= 0.3 is 0 Å². The fourth-order valence-electron chi connectivity index (χ4n) is 3.84. The molecule has 130 valence electrons. The Morgan fingerprint density at radius 2 is 1.84 bits per heavy atom. The minimum Gasteiger partial charge on any atom is -0.508 e. The SMILES string of the molecule is Oc1cccc(C2CCN(C[C@@H]3CC(c4ccccc4)=NO3)CC2)c1. The summed E-state index contributed by atoms with van der Waals surface area (Å²) in [4.78, 5) is 8.14. The Balaban J connectivity index is 1.27. The van der Waals surface area contributed by atoms with Crippen LogP contribution in [0.15, 0.2) is 59.8 Å². The van der Waals surface area contributed by atoms with Crippen LogP contribution in [0.5, 0.6) is 5.75 Å². The highest BCUT2D eigenvalue weighted by atomic mass is 16.6. The topological polar surface area (TPSA) is 45.1 Å². The molecular formula is C21H24N2O2. The molecule has 0 aromatic heterocycles. The number of hydrogen-bond acceptors (Lipinski definition) is 4. The molecule has 0 spiro atoms. The van der Waals surface area contributed by atoms with Crippen LogP contribution in [0.4, 0.5) is 0 Å². The van der Waals surface area contributed by atoms with E-state index in [2.05, 4.69) is 28.3 Å². The molecule has 2 aliphatic heterocycles. The molecule has 2 aromatic rings. The molecule has 2 aliphatic rings. The molecule has 4 nitrogen and oxygen atoms in total. The molecule has 2 aromatic carbocycles. The van der Waals surface area contributed by atoms with Crippen molar-refractivity contribution in [2.75, 3.05) is 19.6 Å². The van der Waals surface area contributed by atoms with Crippen molar-refractivity contribution in [3.05, 3.63) is 65.7 Å². The lowest BCUT2D eigenvalue weighted by atomic mass is 9.89. The van der Waals surface area contributed by atoms with Gasteiger partial charge in [-0.15, -0.1) is 0 Å². The largest absolute Gasteiger partial charge is 0.508 e. The summed E-state index contributed by atoms with van der Waals surface area (Å²) in [5.74, 6) is 0.911. The predicted octanol–water partition coefficient (Wildman–Crippen LogP) is 3.76. The number of likely N-dealkylation sites (tertiary alicyclic amines) is 1. The summed E-state index contributed by atoms with van der Waals surface area (Å²) in [6, 6.07) is 18.0. The van der Waals surface area contributed by atoms with Gasteiger partial charge in [0.1, 0.15) is 11.9 Å². The lowest BCUT2D eigenvalue weighted by molar-refractivity contribution is 0.0454. The van der Waals surface area contributed by atoms with Crippen LogP contribution in [0.25, 0.3) is 0 Å². The highest BCUT2D eigenvalue weighted by Crippen LogP contribution is 2.30. The number of oxime groups is 1. The second-order valence-electron chi connectivity index (χ2n) is 7.01. The fourth-order valence-corrected chi connectivity index (χ4v) is 3.84. The van der Waals surface area contributed by atoms with Gasteiger partial charge in [-0.25, -0.2) is 0 Å². The maximum atomic E-state index is 9.66. The molecule has 1 fully saturated rings. The summed E-state index contributed by atoms with van der Waals surface area (Å²) < 4.78 is 0. The second kappa shape index (κ2) is 7.28. The summed E-state index contributed by atoms with van der Waals surface area (Å²) in [5.41, 5.74) is 3.47. The van der Waals surface area contributed by atoms with E-state index in [0.717, 1.165) is 50.2 Å². The van der Waals surface area contributed by atoms with Crippen LogP contribution in [0.3, 0.4) is 0 Å². The number of phenols is 1. The van der Waals surface area contributed by atoms with E-state index in [0.29, 0.717) is 11.7 Å². The van der Waals surface area contributed by atoms with Gasteiger partial charge in [0.05, 0.1) is 5.71 Å². The monoisotopic (exact) mass is 336 g/mol. The van der Waals surface area contributed by atoms with Crippen molar-refractivity contribution < 1.29 is 9.94 Å². The third-order valence-corrected chi connectivity index (χ3v) is 5.23. The van der Waals surface area contributed by atoms with Crippen LogP contribution in [-0.4, -0.2) is 41.5 Å². The van der Waals surface area contributed by atoms with Crippen molar-refractivity contribution in [1.82, 2.24) is 4.90 Å². The zero-order valence-corrected chi connectivity index (χ0v) is 14.3. The van der Waals surface area contributed by atoms with Crippen LogP contribution in [0, 0.1) is 0 Å². The van der Waals surface area contributed by atoms with Crippen molar-refractivity contribution in [2.45, 2.75) is 31.3 Å². The maximum Gasteiger partial charge on any atom is 0.145 e. The van der Waals surface area contributed by atoms with E-state index < -0.39 is 0 Å². The Hall–Kier alpha value is -2.33. The van der Waals surface area contributed by atoms with Gasteiger partial charge in [0.15, 0.2) is 0 Å². The van der Waals surface area contributed by atoms with Crippen LogP contribution in [0.1, 0.15) is 36.3 Å². The van der Waals surface area contributed by atoms with Crippen LogP contribution in [-0.2, 0) is 4.84 Å². The molecule has 25 heavy (non-hydrogen) atoms. The third kappa shape index (κ3) is 3.85. The minimum atomic E-state index is 0.160. The lowest BCUT2D eigenvalue weighted by Gasteiger charge is -2.33. The summed E-state index contributed by atoms with van der Waals surface area (Å²) in [6.45, 7) is 3.08. The van der Waals surface area contributed by atoms with Gasteiger partial charge in [-0.3, -0.25) is 4.90 Å². The highest BCUT2D eigenvalue weighted by molar-refractivity contribution is 6.01. The van der Waals surface area contributed by atoms with Gasteiger partial charge in [-0.1, -0.05) is 47.6 Å². The number of piperidine rings is 1. The Morgan fingerprint density at radius 1 is 1.04 bits per heavy atom. The molecule has 0 radical (unpaired) electrons. The van der Waals surface area contributed by atoms with Crippen molar-refractivity contribution in [3.63, 3.8) is 0 Å². The molecule has 0 unspecified atom stereocenters. The molecule has 0 amide bonds. The van der Waals surface area contributed by atoms with E-state index in [9.17, 15) is 5.11 Å². The van der Waals surface area contributed by atoms with Crippen LogP contribution < -0.4 is 0 Å². The third-order valence-electron chi connectivity index (χ3n) is 5.23. The standard InChI is InChI=1S/C21H24N2O2/c24-19-8-4-7-18(13-19)16-9-11-23(12-10-16)15-20-14-21(22-25-20)17-5-2-1-3-6-17/h1-8,13,16,20,24H,9-12,14-15H2/t20-/m0/s1. The van der Waals surface area contributed by atoms with Gasteiger partial charge < -0.3 is 9.94 Å². The van der Waals surface area contributed by atoms with E-state index in [1.54, 1.807) is 6.07 Å². The summed E-state index contributed by atoms with van der Waals surface area (Å²) in [5, 5.41) is 14.0. The highest BCUT2D eigenvalue weighted by Gasteiger charge is 2.27. The lowest BCUT2D eigenvalue weighted by Crippen LogP contribution is -2.38. The van der Waals surface area contributed by atoms with E-state index in [1.165, 1.54) is 5.56 Å². The molecular weight excluding hydrogens is 312 g/mol. The van der Waals surface area contributed by atoms with Gasteiger partial charge in [-0.05, 0) is 55.1 Å². The normalized spacial score (nSPS) is 21.8. The number of nitrogens with zero attached hydrogens (tertiary/aromatic N) is 2. The minimum absolute atomic E-state index is 0.160. The molecule has 1 atom stereocenters. The second-order valence-corrected chi connectivity index (χ2v) is 7.01. The van der Waals surface area contributed by atoms with Crippen molar-refractivity contribution in [1.29, 1.82) is 0 Å². The van der Waals surface area contributed by atoms with E-state index in [4.69, 9.17) is 4.84 Å². The molecule has 0 saturated carbocycles. The molecule has 1 N–H and O–H groups in total. The summed E-state index contributed by atoms with van der Waals surface area (Å²) >= 11 is 0. The van der Waals surface area contributed by atoms with Crippen molar-refractivity contribution >= 4 is 5.71 Å². The number of phenolic OH excluding ortho intramolecular Hbond substituents is 1. The zero-order valence-electron chi connectivity index (χ0n) is 14.3. The zero-order chi connectivity index (χ0) is 17.1. The first-order valence-electron chi connectivity index (χ1n) is 9.07. The average molecular weight is 336 g/mol. The molecule has 0 aliphatic carbocycles. The molecule has 2 heterocycles. The molecule has 4 heteroatoms. The van der Waals surface area contributed by atoms with Gasteiger partial charge in [0, 0.05) is 13.0 Å². The van der Waals surface area contributed by atoms with Gasteiger partial charge in [0.2, 0.25) is 0 Å². The first-order chi connectivity index (χ1) is 12.3. The Bertz CT molecular complexity index is 737. The van der Waals surface area contributed by atoms with Gasteiger partial charge in [-0.2, -0.15) is 0 Å². The molecule has 4 rings (SSSR count). The Kier molecular flexibility index (Phi) is 4.70. The summed E-state index contributed by atoms with van der Waals surface area (Å²) in [7, 11) is 0. The first-order valence-corrected chi connectivity index (χ1v) is 9.07. The molecule has 1 saturated heterocycles. The maximum absolute atomic E-state index is 9.66. The van der Waals surface area contributed by atoms with Crippen LogP contribution in [0.2, 0.25) is 0 Å². The number of benzene rings is 2. The van der Waals surface area contributed by atoms with Crippen molar-refractivity contribution in [2.24, 2.45) is 5.16 Å². The summed E-state index contributed by atoms with van der Waals surface area (Å²) in [6.07, 6.45) is 3.30. The number of hydrogen-bond donors (Lipinski definition) is 1. The number of rotatable bonds is 4. The Morgan fingerprint density at radius 3 is 2.60 bits per heavy atom. The fraction of sp³-hybridized carbons (Fsp3) is 0.381. The molecule has 0 bridgehead atoms. The smallest absolute Gasteiger partial charge is 0.145 e. The predicted molar refractivity (Wildman–Crippen MR) is 99.0 cm³/mol. The average Bonchev–Trinajstić information content (AvgIpc) is 3.12. The van der Waals surface area contributed by atoms with Gasteiger partial charge in [0.25, 0.3) is 0 Å². The van der Waals surface area contributed by atoms with E-state index in [-0.39, 0.29) is 6.10 Å². The van der Waals surface area contributed by atoms with E-state index in [1.807, 2.05) is 30.3 Å². The Labute approximate surface area is 148 Å². The first kappa shape index (κ1) is 16.2. The van der Waals surface area contributed by atoms with Crippen molar-refractivity contribution in [3.8, 4) is 5.75 Å².